The first kappa shape index (κ1) is 24.3. The Hall–Kier alpha value is -2.74. The predicted octanol–water partition coefficient (Wildman–Crippen LogP) is 2.29. The van der Waals surface area contributed by atoms with Crippen LogP contribution >= 0.6 is 11.6 Å². The second kappa shape index (κ2) is 10.7. The van der Waals surface area contributed by atoms with Crippen molar-refractivity contribution in [2.75, 3.05) is 34.4 Å². The lowest BCUT2D eigenvalue weighted by Crippen LogP contribution is -2.46. The second-order valence-electron chi connectivity index (χ2n) is 7.23. The quantitative estimate of drug-likeness (QED) is 0.506. The number of ether oxygens (including phenoxy) is 3. The molecule has 0 unspecified atom stereocenters. The number of methoxy groups -OCH3 is 2. The summed E-state index contributed by atoms with van der Waals surface area (Å²) in [7, 11) is 4.40. The van der Waals surface area contributed by atoms with Gasteiger partial charge in [-0.15, -0.1) is 0 Å². The Balaban J connectivity index is 2.59. The Morgan fingerprint density at radius 1 is 1.17 bits per heavy atom. The zero-order chi connectivity index (χ0) is 22.2. The maximum atomic E-state index is 12.0. The molecule has 0 radical (unpaired) electrons. The standard InChI is InChI=1S/C20H27ClN2O6/c1-20(2,3)22-16(24)11-23(4)17(25)12-29-18(26)8-7-13-9-14(21)19(28-6)15(10-13)27-5/h7-10H,11-12H2,1-6H3,(H,22,24)/b8-7+. The summed E-state index contributed by atoms with van der Waals surface area (Å²) in [6.45, 7) is 4.91. The molecule has 29 heavy (non-hydrogen) atoms. The highest BCUT2D eigenvalue weighted by Gasteiger charge is 2.18. The second-order valence-corrected chi connectivity index (χ2v) is 7.63. The van der Waals surface area contributed by atoms with Crippen molar-refractivity contribution in [2.45, 2.75) is 26.3 Å². The SMILES string of the molecule is COc1cc(/C=C/C(=O)OCC(=O)N(C)CC(=O)NC(C)(C)C)cc(Cl)c1OC. The van der Waals surface area contributed by atoms with Crippen molar-refractivity contribution in [2.24, 2.45) is 0 Å². The fraction of sp³-hybridized carbons (Fsp3) is 0.450. The van der Waals surface area contributed by atoms with Crippen molar-refractivity contribution in [3.63, 3.8) is 0 Å². The van der Waals surface area contributed by atoms with Gasteiger partial charge >= 0.3 is 5.97 Å². The van der Waals surface area contributed by atoms with Crippen LogP contribution in [-0.2, 0) is 19.1 Å². The van der Waals surface area contributed by atoms with Crippen molar-refractivity contribution < 1.29 is 28.6 Å². The molecular weight excluding hydrogens is 400 g/mol. The Morgan fingerprint density at radius 3 is 2.38 bits per heavy atom. The van der Waals surface area contributed by atoms with Gasteiger partial charge in [-0.1, -0.05) is 11.6 Å². The molecule has 1 N–H and O–H groups in total. The van der Waals surface area contributed by atoms with Gasteiger partial charge in [0.15, 0.2) is 18.1 Å². The maximum Gasteiger partial charge on any atom is 0.331 e. The molecule has 0 aromatic heterocycles. The predicted molar refractivity (Wildman–Crippen MR) is 110 cm³/mol. The minimum absolute atomic E-state index is 0.131. The van der Waals surface area contributed by atoms with Crippen LogP contribution in [0.1, 0.15) is 26.3 Å². The first-order chi connectivity index (χ1) is 13.5. The molecule has 9 heteroatoms. The number of rotatable bonds is 8. The maximum absolute atomic E-state index is 12.0. The Morgan fingerprint density at radius 2 is 1.83 bits per heavy atom. The number of hydrogen-bond donors (Lipinski definition) is 1. The molecule has 1 rings (SSSR count). The zero-order valence-corrected chi connectivity index (χ0v) is 18.3. The van der Waals surface area contributed by atoms with Crippen molar-refractivity contribution in [1.29, 1.82) is 0 Å². The summed E-state index contributed by atoms with van der Waals surface area (Å²) < 4.78 is 15.3. The third kappa shape index (κ3) is 8.43. The van der Waals surface area contributed by atoms with E-state index in [1.54, 1.807) is 12.1 Å². The molecule has 0 saturated carbocycles. The van der Waals surface area contributed by atoms with Crippen LogP contribution in [0, 0.1) is 0 Å². The van der Waals surface area contributed by atoms with Crippen molar-refractivity contribution in [1.82, 2.24) is 10.2 Å². The number of likely N-dealkylation sites (N-methyl/N-ethyl adjacent to an activating group) is 1. The third-order valence-electron chi connectivity index (χ3n) is 3.53. The molecule has 2 amide bonds. The van der Waals surface area contributed by atoms with E-state index in [2.05, 4.69) is 5.32 Å². The molecule has 0 aliphatic rings. The van der Waals surface area contributed by atoms with Crippen LogP contribution in [0.5, 0.6) is 11.5 Å². The van der Waals surface area contributed by atoms with Crippen molar-refractivity contribution >= 4 is 35.5 Å². The van der Waals surface area contributed by atoms with E-state index in [0.717, 1.165) is 6.08 Å². The van der Waals surface area contributed by atoms with Gasteiger partial charge in [-0.3, -0.25) is 9.59 Å². The third-order valence-corrected chi connectivity index (χ3v) is 3.81. The van der Waals surface area contributed by atoms with Crippen LogP contribution in [0.15, 0.2) is 18.2 Å². The molecule has 0 aliphatic heterocycles. The monoisotopic (exact) mass is 426 g/mol. The van der Waals surface area contributed by atoms with Crippen LogP contribution in [0.25, 0.3) is 6.08 Å². The van der Waals surface area contributed by atoms with Crippen molar-refractivity contribution in [3.8, 4) is 11.5 Å². The van der Waals surface area contributed by atoms with E-state index < -0.39 is 24.0 Å². The van der Waals surface area contributed by atoms with Gasteiger partial charge < -0.3 is 24.4 Å². The highest BCUT2D eigenvalue weighted by Crippen LogP contribution is 2.36. The zero-order valence-electron chi connectivity index (χ0n) is 17.5. The Bertz CT molecular complexity index is 786. The number of halogens is 1. The van der Waals surface area contributed by atoms with Crippen LogP contribution in [-0.4, -0.2) is 62.6 Å². The van der Waals surface area contributed by atoms with Gasteiger partial charge in [0.25, 0.3) is 5.91 Å². The van der Waals surface area contributed by atoms with Crippen LogP contribution in [0.4, 0.5) is 0 Å². The van der Waals surface area contributed by atoms with Gasteiger partial charge in [-0.05, 0) is 44.5 Å². The molecule has 160 valence electrons. The number of carbonyl (C=O) groups excluding carboxylic acids is 3. The molecule has 0 heterocycles. The van der Waals surface area contributed by atoms with E-state index in [0.29, 0.717) is 22.1 Å². The number of nitrogens with one attached hydrogen (secondary N) is 1. The minimum atomic E-state index is -0.711. The lowest BCUT2D eigenvalue weighted by atomic mass is 10.1. The minimum Gasteiger partial charge on any atom is -0.493 e. The molecule has 0 saturated heterocycles. The fourth-order valence-corrected chi connectivity index (χ4v) is 2.55. The van der Waals surface area contributed by atoms with Crippen molar-refractivity contribution in [3.05, 3.63) is 28.8 Å². The van der Waals surface area contributed by atoms with Gasteiger partial charge in [0.1, 0.15) is 0 Å². The first-order valence-electron chi connectivity index (χ1n) is 8.78. The number of hydrogen-bond acceptors (Lipinski definition) is 6. The van der Waals surface area contributed by atoms with Gasteiger partial charge in [-0.2, -0.15) is 0 Å². The van der Waals surface area contributed by atoms with E-state index in [-0.39, 0.29) is 12.5 Å². The smallest absolute Gasteiger partial charge is 0.331 e. The largest absolute Gasteiger partial charge is 0.493 e. The fourth-order valence-electron chi connectivity index (χ4n) is 2.25. The summed E-state index contributed by atoms with van der Waals surface area (Å²) in [5, 5.41) is 3.07. The van der Waals surface area contributed by atoms with Gasteiger partial charge in [0.2, 0.25) is 5.91 Å². The van der Waals surface area contributed by atoms with Gasteiger partial charge in [0, 0.05) is 18.7 Å². The van der Waals surface area contributed by atoms with Gasteiger partial charge in [0.05, 0.1) is 25.8 Å². The summed E-state index contributed by atoms with van der Waals surface area (Å²) in [6.07, 6.45) is 2.64. The highest BCUT2D eigenvalue weighted by molar-refractivity contribution is 6.32. The van der Waals surface area contributed by atoms with E-state index in [9.17, 15) is 14.4 Å². The van der Waals surface area contributed by atoms with E-state index in [1.165, 1.54) is 32.2 Å². The number of carbonyl (C=O) groups is 3. The molecule has 1 aromatic carbocycles. The molecular formula is C20H27ClN2O6. The Kier molecular flexibility index (Phi) is 8.97. The lowest BCUT2D eigenvalue weighted by Gasteiger charge is -2.23. The Labute approximate surface area is 175 Å². The lowest BCUT2D eigenvalue weighted by molar-refractivity contribution is -0.148. The summed E-state index contributed by atoms with van der Waals surface area (Å²) in [6, 6.07) is 3.24. The average molecular weight is 427 g/mol. The summed E-state index contributed by atoms with van der Waals surface area (Å²) >= 11 is 6.11. The van der Waals surface area contributed by atoms with Gasteiger partial charge in [-0.25, -0.2) is 4.79 Å². The topological polar surface area (TPSA) is 94.2 Å². The number of amides is 2. The molecule has 0 atom stereocenters. The van der Waals surface area contributed by atoms with E-state index in [1.807, 2.05) is 20.8 Å². The molecule has 0 fully saturated rings. The highest BCUT2D eigenvalue weighted by atomic mass is 35.5. The molecule has 0 bridgehead atoms. The van der Waals surface area contributed by atoms with E-state index in [4.69, 9.17) is 25.8 Å². The molecule has 0 spiro atoms. The average Bonchev–Trinajstić information content (AvgIpc) is 2.61. The van der Waals surface area contributed by atoms with Crippen LogP contribution in [0.2, 0.25) is 5.02 Å². The summed E-state index contributed by atoms with van der Waals surface area (Å²) in [4.78, 5) is 36.9. The molecule has 8 nitrogen and oxygen atoms in total. The first-order valence-corrected chi connectivity index (χ1v) is 9.16. The molecule has 0 aliphatic carbocycles. The normalized spacial score (nSPS) is 11.1. The van der Waals surface area contributed by atoms with Crippen LogP contribution in [0.3, 0.4) is 0 Å². The number of nitrogens with zero attached hydrogens (tertiary/aromatic N) is 1. The number of esters is 1. The van der Waals surface area contributed by atoms with Crippen LogP contribution < -0.4 is 14.8 Å². The summed E-state index contributed by atoms with van der Waals surface area (Å²) in [5.41, 5.74) is 0.192. The molecule has 1 aromatic rings. The van der Waals surface area contributed by atoms with E-state index >= 15 is 0 Å². The summed E-state index contributed by atoms with van der Waals surface area (Å²) in [5.74, 6) is -0.706. The number of benzene rings is 1.